The highest BCUT2D eigenvalue weighted by atomic mass is 16.3. The number of nitrogens with zero attached hydrogens (tertiary/aromatic N) is 1. The van der Waals surface area contributed by atoms with Gasteiger partial charge in [-0.25, -0.2) is 0 Å². The molecule has 0 bridgehead atoms. The number of primary amides is 1. The summed E-state index contributed by atoms with van der Waals surface area (Å²) >= 11 is 0. The second-order valence-electron chi connectivity index (χ2n) is 7.11. The van der Waals surface area contributed by atoms with Crippen molar-refractivity contribution in [2.75, 3.05) is 6.54 Å². The summed E-state index contributed by atoms with van der Waals surface area (Å²) in [7, 11) is 0. The molecule has 1 amide bonds. The Hall–Kier alpha value is -1.39. The molecule has 2 atom stereocenters. The molecule has 120 valence electrons. The summed E-state index contributed by atoms with van der Waals surface area (Å²) in [5.41, 5.74) is 6.73. The van der Waals surface area contributed by atoms with Crippen molar-refractivity contribution in [3.05, 3.63) is 35.4 Å². The van der Waals surface area contributed by atoms with Crippen LogP contribution < -0.4 is 5.73 Å². The first-order chi connectivity index (χ1) is 10.4. The van der Waals surface area contributed by atoms with Gasteiger partial charge in [0.25, 0.3) is 0 Å². The first-order valence-electron chi connectivity index (χ1n) is 8.25. The molecule has 4 heteroatoms. The summed E-state index contributed by atoms with van der Waals surface area (Å²) in [4.78, 5) is 14.5. The Bertz CT molecular complexity index is 595. The summed E-state index contributed by atoms with van der Waals surface area (Å²) < 4.78 is 0. The molecule has 2 fully saturated rings. The van der Waals surface area contributed by atoms with Gasteiger partial charge < -0.3 is 10.8 Å². The number of carbonyl (C=O) groups excluding carboxylic acids is 1. The predicted molar refractivity (Wildman–Crippen MR) is 86.4 cm³/mol. The smallest absolute Gasteiger partial charge is 0.231 e. The van der Waals surface area contributed by atoms with E-state index in [0.717, 1.165) is 24.8 Å². The summed E-state index contributed by atoms with van der Waals surface area (Å²) in [6.07, 6.45) is 2.39. The molecular weight excluding hydrogens is 276 g/mol. The van der Waals surface area contributed by atoms with E-state index in [9.17, 15) is 9.90 Å². The van der Waals surface area contributed by atoms with Crippen molar-refractivity contribution in [2.45, 2.75) is 63.1 Å². The van der Waals surface area contributed by atoms with E-state index >= 15 is 0 Å². The van der Waals surface area contributed by atoms with Gasteiger partial charge in [0.05, 0.1) is 0 Å². The minimum Gasteiger partial charge on any atom is -0.376 e. The monoisotopic (exact) mass is 302 g/mol. The van der Waals surface area contributed by atoms with Crippen molar-refractivity contribution in [3.8, 4) is 0 Å². The highest BCUT2D eigenvalue weighted by Gasteiger charge is 2.65. The van der Waals surface area contributed by atoms with Crippen LogP contribution in [-0.4, -0.2) is 34.2 Å². The highest BCUT2D eigenvalue weighted by molar-refractivity contribution is 5.90. The molecule has 0 radical (unpaired) electrons. The molecule has 2 aliphatic rings. The van der Waals surface area contributed by atoms with Gasteiger partial charge >= 0.3 is 0 Å². The fraction of sp³-hybridized carbons (Fsp3) is 0.611. The van der Waals surface area contributed by atoms with E-state index in [2.05, 4.69) is 31.7 Å². The van der Waals surface area contributed by atoms with Crippen molar-refractivity contribution in [2.24, 2.45) is 5.73 Å². The van der Waals surface area contributed by atoms with Crippen LogP contribution in [0, 0.1) is 0 Å². The van der Waals surface area contributed by atoms with Crippen LogP contribution in [0.3, 0.4) is 0 Å². The van der Waals surface area contributed by atoms with E-state index in [4.69, 9.17) is 5.73 Å². The van der Waals surface area contributed by atoms with Crippen LogP contribution in [0.4, 0.5) is 0 Å². The topological polar surface area (TPSA) is 66.6 Å². The quantitative estimate of drug-likeness (QED) is 0.875. The Labute approximate surface area is 132 Å². The first-order valence-corrected chi connectivity index (χ1v) is 8.25. The fourth-order valence-corrected chi connectivity index (χ4v) is 4.09. The van der Waals surface area contributed by atoms with Crippen LogP contribution in [0.15, 0.2) is 24.3 Å². The lowest BCUT2D eigenvalue weighted by molar-refractivity contribution is -0.164. The Morgan fingerprint density at radius 2 is 2.05 bits per heavy atom. The first kappa shape index (κ1) is 15.5. The number of carbonyl (C=O) groups is 1. The van der Waals surface area contributed by atoms with E-state index in [1.54, 1.807) is 0 Å². The lowest BCUT2D eigenvalue weighted by atomic mass is 9.63. The number of rotatable bonds is 5. The zero-order chi connectivity index (χ0) is 16.1. The number of hydrogen-bond donors (Lipinski definition) is 2. The lowest BCUT2D eigenvalue weighted by Gasteiger charge is -2.58. The fourth-order valence-electron chi connectivity index (χ4n) is 4.09. The zero-order valence-corrected chi connectivity index (χ0v) is 13.7. The third-order valence-electron chi connectivity index (χ3n) is 5.49. The zero-order valence-electron chi connectivity index (χ0n) is 13.7. The maximum atomic E-state index is 12.5. The Balaban J connectivity index is 2.06. The van der Waals surface area contributed by atoms with Crippen LogP contribution in [0.5, 0.6) is 0 Å². The third kappa shape index (κ3) is 2.01. The molecule has 1 saturated carbocycles. The normalized spacial score (nSPS) is 30.1. The summed E-state index contributed by atoms with van der Waals surface area (Å²) in [5.74, 6) is 0.0657. The number of likely N-dealkylation sites (tertiary alicyclic amines) is 1. The lowest BCUT2D eigenvalue weighted by Crippen LogP contribution is -2.75. The van der Waals surface area contributed by atoms with Crippen LogP contribution in [0.1, 0.15) is 57.1 Å². The van der Waals surface area contributed by atoms with E-state index < -0.39 is 11.1 Å². The molecule has 1 aromatic carbocycles. The molecule has 4 nitrogen and oxygen atoms in total. The van der Waals surface area contributed by atoms with E-state index in [1.807, 2.05) is 18.2 Å². The van der Waals surface area contributed by atoms with Gasteiger partial charge in [-0.2, -0.15) is 0 Å². The van der Waals surface area contributed by atoms with Crippen LogP contribution in [0.25, 0.3) is 0 Å². The van der Waals surface area contributed by atoms with Gasteiger partial charge in [0.2, 0.25) is 5.91 Å². The van der Waals surface area contributed by atoms with E-state index in [1.165, 1.54) is 5.56 Å². The van der Waals surface area contributed by atoms with Gasteiger partial charge in [-0.3, -0.25) is 9.69 Å². The molecular formula is C18H26N2O2. The molecule has 2 unspecified atom stereocenters. The molecule has 0 aromatic heterocycles. The molecule has 1 aromatic rings. The van der Waals surface area contributed by atoms with Gasteiger partial charge in [0.1, 0.15) is 11.1 Å². The molecule has 22 heavy (non-hydrogen) atoms. The third-order valence-corrected chi connectivity index (χ3v) is 5.49. The van der Waals surface area contributed by atoms with Crippen LogP contribution in [0.2, 0.25) is 0 Å². The van der Waals surface area contributed by atoms with Gasteiger partial charge in [-0.1, -0.05) is 45.0 Å². The summed E-state index contributed by atoms with van der Waals surface area (Å²) in [5, 5.41) is 10.5. The predicted octanol–water partition coefficient (Wildman–Crippen LogP) is 2.11. The van der Waals surface area contributed by atoms with Crippen molar-refractivity contribution in [3.63, 3.8) is 0 Å². The largest absolute Gasteiger partial charge is 0.376 e. The Morgan fingerprint density at radius 1 is 1.41 bits per heavy atom. The molecule has 1 saturated heterocycles. The maximum Gasteiger partial charge on any atom is 0.231 e. The Morgan fingerprint density at radius 3 is 2.55 bits per heavy atom. The average Bonchev–Trinajstić information content (AvgIpc) is 3.17. The number of hydrogen-bond acceptors (Lipinski definition) is 3. The summed E-state index contributed by atoms with van der Waals surface area (Å²) in [6, 6.07) is 8.10. The van der Waals surface area contributed by atoms with E-state index in [0.29, 0.717) is 12.5 Å². The second-order valence-corrected chi connectivity index (χ2v) is 7.11. The number of amides is 1. The molecule has 1 heterocycles. The Kier molecular flexibility index (Phi) is 3.57. The molecule has 1 aliphatic carbocycles. The summed E-state index contributed by atoms with van der Waals surface area (Å²) in [6.45, 7) is 6.87. The average molecular weight is 302 g/mol. The number of benzene rings is 1. The van der Waals surface area contributed by atoms with Crippen LogP contribution in [-0.2, 0) is 10.2 Å². The minimum absolute atomic E-state index is 0.0163. The second kappa shape index (κ2) is 5.07. The van der Waals surface area contributed by atoms with Crippen molar-refractivity contribution in [1.29, 1.82) is 0 Å². The van der Waals surface area contributed by atoms with Crippen molar-refractivity contribution >= 4 is 5.91 Å². The standard InChI is InChI=1S/C18H26N2O2/c1-4-15-18(16(19)21,11-20(15)17(22)9-10-17)14-8-6-5-7-13(14)12(2)3/h5-8,12,15,22H,4,9-11H2,1-3H3,(H2,19,21). The van der Waals surface area contributed by atoms with Gasteiger partial charge in [-0.05, 0) is 36.3 Å². The minimum atomic E-state index is -0.702. The van der Waals surface area contributed by atoms with Crippen molar-refractivity contribution in [1.82, 2.24) is 4.90 Å². The highest BCUT2D eigenvalue weighted by Crippen LogP contribution is 2.53. The van der Waals surface area contributed by atoms with Gasteiger partial charge in [0, 0.05) is 12.6 Å². The molecule has 0 spiro atoms. The van der Waals surface area contributed by atoms with Gasteiger partial charge in [-0.15, -0.1) is 0 Å². The van der Waals surface area contributed by atoms with E-state index in [-0.39, 0.29) is 11.9 Å². The van der Waals surface area contributed by atoms with Gasteiger partial charge in [0.15, 0.2) is 0 Å². The SMILES string of the molecule is CCC1N(C2(O)CC2)CC1(C(N)=O)c1ccccc1C(C)C. The number of aliphatic hydroxyl groups is 1. The van der Waals surface area contributed by atoms with Crippen LogP contribution >= 0.6 is 0 Å². The number of nitrogens with two attached hydrogens (primary N) is 1. The van der Waals surface area contributed by atoms with Crippen molar-refractivity contribution < 1.29 is 9.90 Å². The molecule has 1 aliphatic heterocycles. The maximum absolute atomic E-state index is 12.5. The molecule has 3 rings (SSSR count). The molecule has 3 N–H and O–H groups in total.